The molecule has 0 spiro atoms. The van der Waals surface area contributed by atoms with Crippen molar-refractivity contribution >= 4 is 10.8 Å². The summed E-state index contributed by atoms with van der Waals surface area (Å²) in [5.74, 6) is 5.94. The van der Waals surface area contributed by atoms with Crippen LogP contribution in [0.3, 0.4) is 0 Å². The fourth-order valence-corrected chi connectivity index (χ4v) is 4.79. The van der Waals surface area contributed by atoms with Gasteiger partial charge in [0, 0.05) is 10.9 Å². The summed E-state index contributed by atoms with van der Waals surface area (Å²) in [5, 5.41) is 1.57. The second kappa shape index (κ2) is 13.8. The van der Waals surface area contributed by atoms with Crippen LogP contribution in [0, 0.1) is 17.7 Å². The molecule has 0 aliphatic rings. The highest BCUT2D eigenvalue weighted by atomic mass is 19.1. The van der Waals surface area contributed by atoms with E-state index in [1.807, 2.05) is 30.3 Å². The van der Waals surface area contributed by atoms with Gasteiger partial charge < -0.3 is 0 Å². The van der Waals surface area contributed by atoms with Gasteiger partial charge in [0.1, 0.15) is 5.82 Å². The van der Waals surface area contributed by atoms with E-state index in [2.05, 4.69) is 74.2 Å². The predicted molar refractivity (Wildman–Crippen MR) is 157 cm³/mol. The van der Waals surface area contributed by atoms with E-state index in [1.165, 1.54) is 67.2 Å². The molecule has 0 heterocycles. The van der Waals surface area contributed by atoms with E-state index < -0.39 is 0 Å². The molecule has 0 unspecified atom stereocenters. The van der Waals surface area contributed by atoms with Gasteiger partial charge in [-0.1, -0.05) is 112 Å². The lowest BCUT2D eigenvalue weighted by Crippen LogP contribution is -1.94. The zero-order valence-electron chi connectivity index (χ0n) is 22.5. The van der Waals surface area contributed by atoms with Crippen LogP contribution in [-0.4, -0.2) is 0 Å². The fraction of sp³-hybridized carbons (Fsp3) is 0.333. The highest BCUT2D eigenvalue weighted by molar-refractivity contribution is 5.85. The Morgan fingerprint density at radius 3 is 1.84 bits per heavy atom. The highest BCUT2D eigenvalue weighted by Gasteiger charge is 2.07. The smallest absolute Gasteiger partial charge is 0.146 e. The SMILES string of the molecule is CCCCCCc1ccc(CCc2ccc3c(F)c(C#Cc4ccc(CCCC)cc4)ccc3c2)cc1. The topological polar surface area (TPSA) is 0 Å². The van der Waals surface area contributed by atoms with Crippen LogP contribution in [0.25, 0.3) is 10.8 Å². The van der Waals surface area contributed by atoms with E-state index in [1.54, 1.807) is 0 Å². The van der Waals surface area contributed by atoms with E-state index in [4.69, 9.17) is 0 Å². The maximum Gasteiger partial charge on any atom is 0.146 e. The first-order valence-corrected chi connectivity index (χ1v) is 14.1. The number of fused-ring (bicyclic) bond motifs is 1. The van der Waals surface area contributed by atoms with Gasteiger partial charge in [0.25, 0.3) is 0 Å². The van der Waals surface area contributed by atoms with Crippen molar-refractivity contribution in [3.8, 4) is 11.8 Å². The summed E-state index contributed by atoms with van der Waals surface area (Å²) in [6.45, 7) is 4.46. The van der Waals surface area contributed by atoms with E-state index in [0.717, 1.165) is 30.2 Å². The maximum absolute atomic E-state index is 15.2. The Balaban J connectivity index is 1.37. The fourth-order valence-electron chi connectivity index (χ4n) is 4.79. The number of halogens is 1. The molecule has 0 aliphatic carbocycles. The molecule has 0 radical (unpaired) electrons. The molecule has 0 amide bonds. The summed E-state index contributed by atoms with van der Waals surface area (Å²) in [6, 6.07) is 27.3. The molecule has 0 bridgehead atoms. The normalized spacial score (nSPS) is 10.9. The van der Waals surface area contributed by atoms with Gasteiger partial charge in [-0.15, -0.1) is 0 Å². The quantitative estimate of drug-likeness (QED) is 0.145. The van der Waals surface area contributed by atoms with Gasteiger partial charge in [0.05, 0.1) is 5.56 Å². The van der Waals surface area contributed by atoms with Gasteiger partial charge in [-0.05, 0) is 84.4 Å². The summed E-state index contributed by atoms with van der Waals surface area (Å²) in [6.07, 6.45) is 11.8. The first-order chi connectivity index (χ1) is 18.2. The molecule has 0 aliphatic heterocycles. The molecular formula is C36H39F. The molecule has 0 nitrogen and oxygen atoms in total. The molecule has 4 rings (SSSR count). The van der Waals surface area contributed by atoms with E-state index >= 15 is 4.39 Å². The molecule has 37 heavy (non-hydrogen) atoms. The molecule has 0 saturated heterocycles. The molecular weight excluding hydrogens is 451 g/mol. The molecule has 1 heteroatoms. The summed E-state index contributed by atoms with van der Waals surface area (Å²) in [7, 11) is 0. The molecule has 0 saturated carbocycles. The third-order valence-corrected chi connectivity index (χ3v) is 7.18. The number of hydrogen-bond acceptors (Lipinski definition) is 0. The predicted octanol–water partition coefficient (Wildman–Crippen LogP) is 9.63. The van der Waals surface area contributed by atoms with Gasteiger partial charge in [-0.3, -0.25) is 0 Å². The zero-order chi connectivity index (χ0) is 25.9. The molecule has 190 valence electrons. The maximum atomic E-state index is 15.2. The molecule has 0 atom stereocenters. The van der Waals surface area contributed by atoms with Crippen molar-refractivity contribution in [1.29, 1.82) is 0 Å². The van der Waals surface area contributed by atoms with Crippen LogP contribution in [0.5, 0.6) is 0 Å². The van der Waals surface area contributed by atoms with Crippen molar-refractivity contribution < 1.29 is 4.39 Å². The molecule has 0 aromatic heterocycles. The number of hydrogen-bond donors (Lipinski definition) is 0. The molecule has 4 aromatic rings. The first-order valence-electron chi connectivity index (χ1n) is 14.1. The van der Waals surface area contributed by atoms with Crippen LogP contribution in [0.4, 0.5) is 4.39 Å². The average Bonchev–Trinajstić information content (AvgIpc) is 2.94. The minimum atomic E-state index is -0.231. The van der Waals surface area contributed by atoms with E-state index in [9.17, 15) is 0 Å². The van der Waals surface area contributed by atoms with Crippen LogP contribution < -0.4 is 0 Å². The molecule has 4 aromatic carbocycles. The number of benzene rings is 4. The van der Waals surface area contributed by atoms with Crippen molar-refractivity contribution in [3.63, 3.8) is 0 Å². The molecule has 0 fully saturated rings. The van der Waals surface area contributed by atoms with Crippen LogP contribution in [0.1, 0.15) is 85.8 Å². The van der Waals surface area contributed by atoms with E-state index in [-0.39, 0.29) is 5.82 Å². The Morgan fingerprint density at radius 1 is 0.541 bits per heavy atom. The van der Waals surface area contributed by atoms with Crippen LogP contribution in [0.2, 0.25) is 0 Å². The average molecular weight is 491 g/mol. The Hall–Kier alpha value is -3.37. The van der Waals surface area contributed by atoms with Crippen LogP contribution >= 0.6 is 0 Å². The number of aryl methyl sites for hydroxylation is 4. The second-order valence-electron chi connectivity index (χ2n) is 10.2. The van der Waals surface area contributed by atoms with Gasteiger partial charge in [-0.25, -0.2) is 4.39 Å². The summed E-state index contributed by atoms with van der Waals surface area (Å²) >= 11 is 0. The van der Waals surface area contributed by atoms with Crippen molar-refractivity contribution in [2.45, 2.75) is 78.1 Å². The first kappa shape index (κ1) is 26.7. The van der Waals surface area contributed by atoms with Gasteiger partial charge in [0.15, 0.2) is 0 Å². The minimum absolute atomic E-state index is 0.231. The zero-order valence-corrected chi connectivity index (χ0v) is 22.5. The molecule has 0 N–H and O–H groups in total. The Kier molecular flexibility index (Phi) is 9.96. The largest absolute Gasteiger partial charge is 0.205 e. The van der Waals surface area contributed by atoms with Crippen LogP contribution in [0.15, 0.2) is 78.9 Å². The number of rotatable bonds is 11. The van der Waals surface area contributed by atoms with Crippen molar-refractivity contribution in [1.82, 2.24) is 0 Å². The van der Waals surface area contributed by atoms with E-state index in [0.29, 0.717) is 10.9 Å². The highest BCUT2D eigenvalue weighted by Crippen LogP contribution is 2.23. The summed E-state index contributed by atoms with van der Waals surface area (Å²) < 4.78 is 15.2. The monoisotopic (exact) mass is 490 g/mol. The van der Waals surface area contributed by atoms with Crippen LogP contribution in [-0.2, 0) is 25.7 Å². The van der Waals surface area contributed by atoms with Gasteiger partial charge in [-0.2, -0.15) is 0 Å². The Bertz CT molecular complexity index is 1330. The lowest BCUT2D eigenvalue weighted by molar-refractivity contribution is 0.636. The van der Waals surface area contributed by atoms with Crippen molar-refractivity contribution in [2.24, 2.45) is 0 Å². The Labute approximate surface area is 223 Å². The summed E-state index contributed by atoms with van der Waals surface area (Å²) in [4.78, 5) is 0. The summed E-state index contributed by atoms with van der Waals surface area (Å²) in [5.41, 5.74) is 6.72. The Morgan fingerprint density at radius 2 is 1.14 bits per heavy atom. The van der Waals surface area contributed by atoms with Gasteiger partial charge >= 0.3 is 0 Å². The van der Waals surface area contributed by atoms with Gasteiger partial charge in [0.2, 0.25) is 0 Å². The third kappa shape index (κ3) is 7.80. The lowest BCUT2D eigenvalue weighted by Gasteiger charge is -2.07. The lowest BCUT2D eigenvalue weighted by atomic mass is 9.98. The second-order valence-corrected chi connectivity index (χ2v) is 10.2. The minimum Gasteiger partial charge on any atom is -0.205 e. The van der Waals surface area contributed by atoms with Crippen molar-refractivity contribution in [3.05, 3.63) is 118 Å². The third-order valence-electron chi connectivity index (χ3n) is 7.18. The standard InChI is InChI=1S/C36H39F/c1-3-5-7-8-10-29-13-15-30(16-14-29)19-20-32-22-26-35-34(27-32)25-24-33(36(35)37)23-21-31-17-11-28(12-18-31)9-6-4-2/h11-18,22,24-27H,3-10,19-20H2,1-2H3. The van der Waals surface area contributed by atoms with Crippen molar-refractivity contribution in [2.75, 3.05) is 0 Å². The number of unbranched alkanes of at least 4 members (excludes halogenated alkanes) is 4.